The number of fused-ring (bicyclic) bond motifs is 1. The summed E-state index contributed by atoms with van der Waals surface area (Å²) in [6.07, 6.45) is 0.321. The van der Waals surface area contributed by atoms with E-state index in [-0.39, 0.29) is 11.7 Å². The Balaban J connectivity index is 1.58. The Morgan fingerprint density at radius 3 is 2.71 bits per heavy atom. The maximum absolute atomic E-state index is 13.2. The van der Waals surface area contributed by atoms with Gasteiger partial charge in [0.25, 0.3) is 0 Å². The van der Waals surface area contributed by atoms with Crippen molar-refractivity contribution in [3.8, 4) is 0 Å². The van der Waals surface area contributed by atoms with Crippen molar-refractivity contribution in [1.29, 1.82) is 0 Å². The molecule has 3 unspecified atom stereocenters. The second-order valence-electron chi connectivity index (χ2n) is 5.69. The summed E-state index contributed by atoms with van der Waals surface area (Å²) in [7, 11) is 0. The minimum Gasteiger partial charge on any atom is -0.458 e. The fourth-order valence-electron chi connectivity index (χ4n) is 3.04. The lowest BCUT2D eigenvalue weighted by Crippen LogP contribution is -1.99. The monoisotopic (exact) mass is 282 g/mol. The maximum atomic E-state index is 13.2. The Bertz CT molecular complexity index is 778. The first-order valence-electron chi connectivity index (χ1n) is 7.14. The van der Waals surface area contributed by atoms with E-state index in [1.165, 1.54) is 17.7 Å². The third-order valence-electron chi connectivity index (χ3n) is 4.26. The molecule has 1 saturated carbocycles. The predicted octanol–water partition coefficient (Wildman–Crippen LogP) is 4.41. The molecule has 1 heterocycles. The Labute approximate surface area is 121 Å². The summed E-state index contributed by atoms with van der Waals surface area (Å²) in [5.74, 6) is 0.793. The normalized spacial score (nSPS) is 22.4. The first-order valence-corrected chi connectivity index (χ1v) is 7.14. The maximum Gasteiger partial charge on any atom is 0.134 e. The van der Waals surface area contributed by atoms with Gasteiger partial charge in [0.2, 0.25) is 0 Å². The van der Waals surface area contributed by atoms with Crippen molar-refractivity contribution >= 4 is 11.0 Å². The SMILES string of the molecule is OC(c1cc2cc(F)ccc2o1)C1CC1c1ccccc1. The molecule has 0 spiro atoms. The molecule has 2 aromatic carbocycles. The van der Waals surface area contributed by atoms with Crippen molar-refractivity contribution < 1.29 is 13.9 Å². The lowest BCUT2D eigenvalue weighted by Gasteiger charge is -2.07. The summed E-state index contributed by atoms with van der Waals surface area (Å²) < 4.78 is 18.9. The highest BCUT2D eigenvalue weighted by molar-refractivity contribution is 5.78. The molecular formula is C18H15FO2. The molecule has 1 fully saturated rings. The minimum absolute atomic E-state index is 0.179. The fraction of sp³-hybridized carbons (Fsp3) is 0.222. The van der Waals surface area contributed by atoms with E-state index in [9.17, 15) is 9.50 Å². The number of benzene rings is 2. The zero-order valence-corrected chi connectivity index (χ0v) is 11.4. The number of halogens is 1. The minimum atomic E-state index is -0.634. The third kappa shape index (κ3) is 2.24. The summed E-state index contributed by atoms with van der Waals surface area (Å²) in [5.41, 5.74) is 1.87. The van der Waals surface area contributed by atoms with Crippen LogP contribution in [0.3, 0.4) is 0 Å². The summed E-state index contributed by atoms with van der Waals surface area (Å²) in [6, 6.07) is 16.3. The number of aliphatic hydroxyl groups excluding tert-OH is 1. The van der Waals surface area contributed by atoms with Crippen LogP contribution in [-0.2, 0) is 0 Å². The average molecular weight is 282 g/mol. The second-order valence-corrected chi connectivity index (χ2v) is 5.69. The topological polar surface area (TPSA) is 33.4 Å². The molecule has 3 aromatic rings. The van der Waals surface area contributed by atoms with Crippen LogP contribution in [0.25, 0.3) is 11.0 Å². The van der Waals surface area contributed by atoms with Gasteiger partial charge in [-0.3, -0.25) is 0 Å². The van der Waals surface area contributed by atoms with E-state index >= 15 is 0 Å². The van der Waals surface area contributed by atoms with Crippen molar-refractivity contribution in [2.24, 2.45) is 5.92 Å². The number of hydrogen-bond acceptors (Lipinski definition) is 2. The van der Waals surface area contributed by atoms with Crippen molar-refractivity contribution in [2.75, 3.05) is 0 Å². The van der Waals surface area contributed by atoms with Crippen LogP contribution in [0.15, 0.2) is 59.0 Å². The van der Waals surface area contributed by atoms with Gasteiger partial charge in [0.1, 0.15) is 23.3 Å². The van der Waals surface area contributed by atoms with Crippen LogP contribution in [0.5, 0.6) is 0 Å². The van der Waals surface area contributed by atoms with E-state index in [1.54, 1.807) is 12.1 Å². The molecule has 0 amide bonds. The summed E-state index contributed by atoms with van der Waals surface area (Å²) in [5, 5.41) is 11.2. The molecule has 1 aromatic heterocycles. The predicted molar refractivity (Wildman–Crippen MR) is 78.4 cm³/mol. The van der Waals surface area contributed by atoms with Gasteiger partial charge in [0.15, 0.2) is 0 Å². The number of rotatable bonds is 3. The second kappa shape index (κ2) is 4.71. The highest BCUT2D eigenvalue weighted by Crippen LogP contribution is 2.54. The van der Waals surface area contributed by atoms with Crippen LogP contribution < -0.4 is 0 Å². The molecule has 1 aliphatic rings. The number of aliphatic hydroxyl groups is 1. The van der Waals surface area contributed by atoms with E-state index in [0.29, 0.717) is 22.6 Å². The van der Waals surface area contributed by atoms with E-state index in [4.69, 9.17) is 4.42 Å². The van der Waals surface area contributed by atoms with Gasteiger partial charge in [0, 0.05) is 5.39 Å². The number of hydrogen-bond donors (Lipinski definition) is 1. The molecule has 3 atom stereocenters. The summed E-state index contributed by atoms with van der Waals surface area (Å²) in [4.78, 5) is 0. The van der Waals surface area contributed by atoms with Crippen LogP contribution in [0.2, 0.25) is 0 Å². The van der Waals surface area contributed by atoms with Gasteiger partial charge in [-0.25, -0.2) is 4.39 Å². The standard InChI is InChI=1S/C18H15FO2/c19-13-6-7-16-12(8-13)9-17(21-16)18(20)15-10-14(15)11-4-2-1-3-5-11/h1-9,14-15,18,20H,10H2. The van der Waals surface area contributed by atoms with Gasteiger partial charge in [0.05, 0.1) is 0 Å². The van der Waals surface area contributed by atoms with E-state index in [1.807, 2.05) is 18.2 Å². The Kier molecular flexibility index (Phi) is 2.82. The summed E-state index contributed by atoms with van der Waals surface area (Å²) in [6.45, 7) is 0. The first-order chi connectivity index (χ1) is 10.2. The molecule has 0 radical (unpaired) electrons. The van der Waals surface area contributed by atoms with Gasteiger partial charge in [-0.05, 0) is 48.1 Å². The van der Waals surface area contributed by atoms with Crippen LogP contribution >= 0.6 is 0 Å². The van der Waals surface area contributed by atoms with Crippen LogP contribution in [0.1, 0.15) is 29.8 Å². The molecule has 3 heteroatoms. The third-order valence-corrected chi connectivity index (χ3v) is 4.26. The van der Waals surface area contributed by atoms with Gasteiger partial charge in [-0.1, -0.05) is 30.3 Å². The quantitative estimate of drug-likeness (QED) is 0.772. The Hall–Kier alpha value is -2.13. The number of furan rings is 1. The molecule has 106 valence electrons. The van der Waals surface area contributed by atoms with E-state index < -0.39 is 6.10 Å². The van der Waals surface area contributed by atoms with E-state index in [0.717, 1.165) is 6.42 Å². The van der Waals surface area contributed by atoms with Crippen molar-refractivity contribution in [2.45, 2.75) is 18.4 Å². The van der Waals surface area contributed by atoms with Gasteiger partial charge in [-0.15, -0.1) is 0 Å². The Morgan fingerprint density at radius 2 is 1.90 bits per heavy atom. The van der Waals surface area contributed by atoms with Gasteiger partial charge in [-0.2, -0.15) is 0 Å². The smallest absolute Gasteiger partial charge is 0.134 e. The fourth-order valence-corrected chi connectivity index (χ4v) is 3.04. The van der Waals surface area contributed by atoms with Gasteiger partial charge < -0.3 is 9.52 Å². The lowest BCUT2D eigenvalue weighted by atomic mass is 10.1. The zero-order chi connectivity index (χ0) is 14.4. The van der Waals surface area contributed by atoms with Crippen molar-refractivity contribution in [3.63, 3.8) is 0 Å². The van der Waals surface area contributed by atoms with Crippen molar-refractivity contribution in [3.05, 3.63) is 71.7 Å². The zero-order valence-electron chi connectivity index (χ0n) is 11.4. The van der Waals surface area contributed by atoms with Gasteiger partial charge >= 0.3 is 0 Å². The largest absolute Gasteiger partial charge is 0.458 e. The molecule has 1 N–H and O–H groups in total. The van der Waals surface area contributed by atoms with E-state index in [2.05, 4.69) is 12.1 Å². The highest BCUT2D eigenvalue weighted by Gasteiger charge is 2.44. The molecule has 2 nitrogen and oxygen atoms in total. The molecule has 0 bridgehead atoms. The highest BCUT2D eigenvalue weighted by atomic mass is 19.1. The lowest BCUT2D eigenvalue weighted by molar-refractivity contribution is 0.127. The molecule has 4 rings (SSSR count). The molecular weight excluding hydrogens is 267 g/mol. The van der Waals surface area contributed by atoms with Crippen LogP contribution in [0.4, 0.5) is 4.39 Å². The van der Waals surface area contributed by atoms with Crippen LogP contribution in [-0.4, -0.2) is 5.11 Å². The molecule has 0 saturated heterocycles. The van der Waals surface area contributed by atoms with Crippen molar-refractivity contribution in [1.82, 2.24) is 0 Å². The molecule has 0 aliphatic heterocycles. The summed E-state index contributed by atoms with van der Waals surface area (Å²) >= 11 is 0. The van der Waals surface area contributed by atoms with Crippen LogP contribution in [0, 0.1) is 11.7 Å². The Morgan fingerprint density at radius 1 is 1.10 bits per heavy atom. The average Bonchev–Trinajstić information content (AvgIpc) is 3.20. The molecule has 1 aliphatic carbocycles. The first kappa shape index (κ1) is 12.6. The molecule has 21 heavy (non-hydrogen) atoms.